The Morgan fingerprint density at radius 3 is 2.74 bits per heavy atom. The van der Waals surface area contributed by atoms with Gasteiger partial charge < -0.3 is 5.32 Å². The Kier molecular flexibility index (Phi) is 3.71. The first-order valence-electron chi connectivity index (χ1n) is 6.77. The number of halogens is 1. The van der Waals surface area contributed by atoms with Gasteiger partial charge in [-0.1, -0.05) is 28.1 Å². The number of piperidine rings is 1. The lowest BCUT2D eigenvalue weighted by molar-refractivity contribution is 0.453. The maximum absolute atomic E-state index is 4.52. The summed E-state index contributed by atoms with van der Waals surface area (Å²) in [7, 11) is 0. The van der Waals surface area contributed by atoms with Crippen molar-refractivity contribution in [2.75, 3.05) is 13.1 Å². The van der Waals surface area contributed by atoms with Gasteiger partial charge in [0.15, 0.2) is 0 Å². The zero-order valence-corrected chi connectivity index (χ0v) is 12.6. The largest absolute Gasteiger partial charge is 0.316 e. The Balaban J connectivity index is 1.91. The van der Waals surface area contributed by atoms with Gasteiger partial charge in [0.2, 0.25) is 0 Å². The van der Waals surface area contributed by atoms with E-state index in [0.717, 1.165) is 23.3 Å². The molecule has 100 valence electrons. The molecule has 0 aliphatic carbocycles. The van der Waals surface area contributed by atoms with Crippen LogP contribution >= 0.6 is 15.9 Å². The predicted molar refractivity (Wildman–Crippen MR) is 81.3 cm³/mol. The van der Waals surface area contributed by atoms with Gasteiger partial charge in [-0.3, -0.25) is 5.10 Å². The summed E-state index contributed by atoms with van der Waals surface area (Å²) in [5, 5.41) is 11.2. The summed E-state index contributed by atoms with van der Waals surface area (Å²) in [6, 6.07) is 8.34. The number of nitrogens with one attached hydrogen (secondary N) is 2. The van der Waals surface area contributed by atoms with Crippen molar-refractivity contribution in [3.63, 3.8) is 0 Å². The Bertz CT molecular complexity index is 553. The second kappa shape index (κ2) is 5.47. The van der Waals surface area contributed by atoms with Crippen molar-refractivity contribution in [2.24, 2.45) is 0 Å². The van der Waals surface area contributed by atoms with Crippen LogP contribution in [0.3, 0.4) is 0 Å². The summed E-state index contributed by atoms with van der Waals surface area (Å²) in [5.74, 6) is 0.574. The number of nitrogens with zero attached hydrogens (tertiary/aromatic N) is 1. The van der Waals surface area contributed by atoms with Crippen molar-refractivity contribution in [3.05, 3.63) is 40.0 Å². The van der Waals surface area contributed by atoms with Gasteiger partial charge in [0.05, 0.1) is 5.69 Å². The number of benzene rings is 1. The Morgan fingerprint density at radius 1 is 1.26 bits per heavy atom. The maximum atomic E-state index is 4.52. The second-order valence-electron chi connectivity index (χ2n) is 5.16. The highest BCUT2D eigenvalue weighted by atomic mass is 79.9. The molecule has 0 saturated carbocycles. The minimum atomic E-state index is 0.574. The highest BCUT2D eigenvalue weighted by Gasteiger charge is 2.21. The average molecular weight is 320 g/mol. The van der Waals surface area contributed by atoms with E-state index in [2.05, 4.69) is 62.6 Å². The van der Waals surface area contributed by atoms with Gasteiger partial charge >= 0.3 is 0 Å². The highest BCUT2D eigenvalue weighted by Crippen LogP contribution is 2.30. The van der Waals surface area contributed by atoms with Gasteiger partial charge in [-0.2, -0.15) is 5.10 Å². The van der Waals surface area contributed by atoms with Crippen molar-refractivity contribution in [2.45, 2.75) is 25.7 Å². The average Bonchev–Trinajstić information content (AvgIpc) is 2.83. The number of rotatable bonds is 2. The molecule has 1 fully saturated rings. The summed E-state index contributed by atoms with van der Waals surface area (Å²) in [6.45, 7) is 4.37. The van der Waals surface area contributed by atoms with E-state index in [4.69, 9.17) is 0 Å². The van der Waals surface area contributed by atoms with Gasteiger partial charge in [-0.05, 0) is 44.0 Å². The van der Waals surface area contributed by atoms with Gasteiger partial charge in [0, 0.05) is 28.2 Å². The molecule has 0 spiro atoms. The molecule has 1 atom stereocenters. The molecule has 0 amide bonds. The van der Waals surface area contributed by atoms with Crippen molar-refractivity contribution in [1.29, 1.82) is 0 Å². The molecule has 2 aromatic rings. The fraction of sp³-hybridized carbons (Fsp3) is 0.400. The zero-order chi connectivity index (χ0) is 13.2. The topological polar surface area (TPSA) is 40.7 Å². The van der Waals surface area contributed by atoms with E-state index < -0.39 is 0 Å². The minimum absolute atomic E-state index is 0.574. The molecular weight excluding hydrogens is 302 g/mol. The van der Waals surface area contributed by atoms with Crippen LogP contribution < -0.4 is 5.32 Å². The molecule has 2 heterocycles. The Labute approximate surface area is 121 Å². The monoisotopic (exact) mass is 319 g/mol. The van der Waals surface area contributed by atoms with Gasteiger partial charge in [-0.25, -0.2) is 0 Å². The minimum Gasteiger partial charge on any atom is -0.316 e. The fourth-order valence-corrected chi connectivity index (χ4v) is 3.06. The van der Waals surface area contributed by atoms with Crippen LogP contribution in [0.2, 0.25) is 0 Å². The van der Waals surface area contributed by atoms with Crippen molar-refractivity contribution in [3.8, 4) is 11.3 Å². The first kappa shape index (κ1) is 12.9. The Morgan fingerprint density at radius 2 is 2.05 bits per heavy atom. The summed E-state index contributed by atoms with van der Waals surface area (Å²) in [4.78, 5) is 0. The quantitative estimate of drug-likeness (QED) is 0.887. The van der Waals surface area contributed by atoms with E-state index in [0.29, 0.717) is 5.92 Å². The molecule has 1 unspecified atom stereocenters. The molecule has 19 heavy (non-hydrogen) atoms. The van der Waals surface area contributed by atoms with Crippen LogP contribution in [0.5, 0.6) is 0 Å². The molecule has 0 bridgehead atoms. The second-order valence-corrected chi connectivity index (χ2v) is 6.08. The normalized spacial score (nSPS) is 19.6. The molecule has 1 saturated heterocycles. The van der Waals surface area contributed by atoms with Crippen LogP contribution in [0, 0.1) is 6.92 Å². The molecule has 3 rings (SSSR count). The predicted octanol–water partition coefficient (Wildman–Crippen LogP) is 3.61. The van der Waals surface area contributed by atoms with E-state index >= 15 is 0 Å². The smallest absolute Gasteiger partial charge is 0.0952 e. The van der Waals surface area contributed by atoms with E-state index in [1.54, 1.807) is 0 Å². The van der Waals surface area contributed by atoms with E-state index in [1.165, 1.54) is 29.7 Å². The van der Waals surface area contributed by atoms with E-state index in [-0.39, 0.29) is 0 Å². The molecule has 1 aromatic heterocycles. The number of H-pyrrole nitrogens is 1. The van der Waals surface area contributed by atoms with Crippen LogP contribution in [0.15, 0.2) is 28.7 Å². The molecule has 1 aliphatic heterocycles. The van der Waals surface area contributed by atoms with Crippen molar-refractivity contribution < 1.29 is 0 Å². The molecule has 0 radical (unpaired) electrons. The summed E-state index contributed by atoms with van der Waals surface area (Å²) in [6.07, 6.45) is 2.49. The third-order valence-corrected chi connectivity index (χ3v) is 4.40. The fourth-order valence-electron chi connectivity index (χ4n) is 2.80. The number of hydrogen-bond acceptors (Lipinski definition) is 2. The van der Waals surface area contributed by atoms with Crippen LogP contribution in [0.4, 0.5) is 0 Å². The van der Waals surface area contributed by atoms with Crippen molar-refractivity contribution >= 4 is 15.9 Å². The van der Waals surface area contributed by atoms with Crippen LogP contribution in [-0.4, -0.2) is 23.3 Å². The first-order valence-corrected chi connectivity index (χ1v) is 7.56. The molecule has 4 heteroatoms. The molecule has 3 nitrogen and oxygen atoms in total. The van der Waals surface area contributed by atoms with Crippen molar-refractivity contribution in [1.82, 2.24) is 15.5 Å². The van der Waals surface area contributed by atoms with E-state index in [1.807, 2.05) is 0 Å². The first-order chi connectivity index (χ1) is 9.25. The molecule has 1 aromatic carbocycles. The standard InChI is InChI=1S/C15H18BrN3/c1-10-14(11-4-6-13(16)7-5-11)18-19-15(10)12-3-2-8-17-9-12/h4-7,12,17H,2-3,8-9H2,1H3,(H,18,19). The third-order valence-electron chi connectivity index (χ3n) is 3.87. The summed E-state index contributed by atoms with van der Waals surface area (Å²) < 4.78 is 1.10. The van der Waals surface area contributed by atoms with Gasteiger partial charge in [0.1, 0.15) is 0 Å². The lowest BCUT2D eigenvalue weighted by atomic mass is 9.92. The van der Waals surface area contributed by atoms with Crippen LogP contribution in [-0.2, 0) is 0 Å². The van der Waals surface area contributed by atoms with Crippen LogP contribution in [0.1, 0.15) is 30.0 Å². The summed E-state index contributed by atoms with van der Waals surface area (Å²) >= 11 is 3.47. The molecular formula is C15H18BrN3. The Hall–Kier alpha value is -1.13. The van der Waals surface area contributed by atoms with Gasteiger partial charge in [0.25, 0.3) is 0 Å². The lowest BCUT2D eigenvalue weighted by Crippen LogP contribution is -2.28. The molecule has 1 aliphatic rings. The number of aromatic nitrogens is 2. The maximum Gasteiger partial charge on any atom is 0.0952 e. The van der Waals surface area contributed by atoms with E-state index in [9.17, 15) is 0 Å². The van der Waals surface area contributed by atoms with Crippen LogP contribution in [0.25, 0.3) is 11.3 Å². The summed E-state index contributed by atoms with van der Waals surface area (Å²) in [5.41, 5.74) is 4.83. The number of aromatic amines is 1. The zero-order valence-electron chi connectivity index (χ0n) is 11.0. The SMILES string of the molecule is Cc1c(-c2ccc(Br)cc2)n[nH]c1C1CCCNC1. The van der Waals surface area contributed by atoms with Gasteiger partial charge in [-0.15, -0.1) is 0 Å². The molecule has 2 N–H and O–H groups in total. The third kappa shape index (κ3) is 2.60. The number of hydrogen-bond donors (Lipinski definition) is 2. The highest BCUT2D eigenvalue weighted by molar-refractivity contribution is 9.10. The lowest BCUT2D eigenvalue weighted by Gasteiger charge is -2.22.